The number of nitrogens with zero attached hydrogens (tertiary/aromatic N) is 2. The molecule has 0 saturated carbocycles. The molecule has 1 N–H and O–H groups in total. The molecule has 0 aliphatic rings. The first-order valence-corrected chi connectivity index (χ1v) is 4.91. The zero-order chi connectivity index (χ0) is 10.6. The second kappa shape index (κ2) is 4.96. The average Bonchev–Trinajstić information content (AvgIpc) is 2.07. The van der Waals surface area contributed by atoms with E-state index < -0.39 is 0 Å². The number of rotatable bonds is 4. The van der Waals surface area contributed by atoms with Crippen LogP contribution in [0.25, 0.3) is 0 Å². The highest BCUT2D eigenvalue weighted by Crippen LogP contribution is 2.12. The topological polar surface area (TPSA) is 28.2 Å². The molecule has 0 aliphatic carbocycles. The highest BCUT2D eigenvalue weighted by molar-refractivity contribution is 5.49. The summed E-state index contributed by atoms with van der Waals surface area (Å²) in [5.41, 5.74) is 2.37. The van der Waals surface area contributed by atoms with Crippen LogP contribution in [0.3, 0.4) is 0 Å². The molecule has 0 aliphatic heterocycles. The van der Waals surface area contributed by atoms with Gasteiger partial charge in [-0.05, 0) is 39.6 Å². The van der Waals surface area contributed by atoms with E-state index >= 15 is 0 Å². The van der Waals surface area contributed by atoms with Crippen molar-refractivity contribution in [1.29, 1.82) is 0 Å². The largest absolute Gasteiger partial charge is 0.381 e. The predicted molar refractivity (Wildman–Crippen MR) is 60.6 cm³/mol. The van der Waals surface area contributed by atoms with Crippen molar-refractivity contribution in [2.45, 2.75) is 19.9 Å². The third-order valence-electron chi connectivity index (χ3n) is 2.06. The van der Waals surface area contributed by atoms with Gasteiger partial charge in [0, 0.05) is 30.7 Å². The number of hydrogen-bond acceptors (Lipinski definition) is 3. The van der Waals surface area contributed by atoms with Gasteiger partial charge in [0.1, 0.15) is 0 Å². The Kier molecular flexibility index (Phi) is 3.89. The molecule has 1 atom stereocenters. The lowest BCUT2D eigenvalue weighted by atomic mass is 10.2. The number of anilines is 1. The zero-order valence-electron chi connectivity index (χ0n) is 9.41. The summed E-state index contributed by atoms with van der Waals surface area (Å²) < 4.78 is 0. The van der Waals surface area contributed by atoms with E-state index in [4.69, 9.17) is 0 Å². The number of hydrogen-bond donors (Lipinski definition) is 1. The monoisotopic (exact) mass is 193 g/mol. The molecule has 0 saturated heterocycles. The molecular weight excluding hydrogens is 174 g/mol. The van der Waals surface area contributed by atoms with Crippen molar-refractivity contribution in [3.8, 4) is 0 Å². The molecule has 0 fully saturated rings. The first kappa shape index (κ1) is 11.0. The van der Waals surface area contributed by atoms with Gasteiger partial charge in [0.25, 0.3) is 0 Å². The SMILES string of the molecule is Cc1cnccc1NC(C)CN(C)C. The lowest BCUT2D eigenvalue weighted by molar-refractivity contribution is 0.392. The van der Waals surface area contributed by atoms with Gasteiger partial charge in [-0.2, -0.15) is 0 Å². The maximum absolute atomic E-state index is 4.06. The molecule has 78 valence electrons. The number of likely N-dealkylation sites (N-methyl/N-ethyl adjacent to an activating group) is 1. The van der Waals surface area contributed by atoms with Crippen LogP contribution >= 0.6 is 0 Å². The smallest absolute Gasteiger partial charge is 0.0403 e. The van der Waals surface area contributed by atoms with Crippen LogP contribution in [0.5, 0.6) is 0 Å². The van der Waals surface area contributed by atoms with Crippen molar-refractivity contribution in [3.63, 3.8) is 0 Å². The van der Waals surface area contributed by atoms with Crippen molar-refractivity contribution < 1.29 is 0 Å². The van der Waals surface area contributed by atoms with Gasteiger partial charge in [-0.15, -0.1) is 0 Å². The lowest BCUT2D eigenvalue weighted by Crippen LogP contribution is -2.29. The minimum Gasteiger partial charge on any atom is -0.381 e. The van der Waals surface area contributed by atoms with E-state index in [-0.39, 0.29) is 0 Å². The number of nitrogens with one attached hydrogen (secondary N) is 1. The van der Waals surface area contributed by atoms with Crippen molar-refractivity contribution >= 4 is 5.69 Å². The van der Waals surface area contributed by atoms with E-state index in [1.165, 1.54) is 11.3 Å². The van der Waals surface area contributed by atoms with E-state index in [1.54, 1.807) is 0 Å². The first-order valence-electron chi connectivity index (χ1n) is 4.91. The van der Waals surface area contributed by atoms with Crippen LogP contribution in [0.4, 0.5) is 5.69 Å². The normalized spacial score (nSPS) is 12.9. The van der Waals surface area contributed by atoms with Gasteiger partial charge in [-0.1, -0.05) is 0 Å². The van der Waals surface area contributed by atoms with Crippen LogP contribution in [-0.4, -0.2) is 36.6 Å². The fourth-order valence-corrected chi connectivity index (χ4v) is 1.49. The third kappa shape index (κ3) is 3.34. The molecule has 3 heteroatoms. The minimum absolute atomic E-state index is 0.450. The highest BCUT2D eigenvalue weighted by Gasteiger charge is 2.04. The summed E-state index contributed by atoms with van der Waals surface area (Å²) in [6.45, 7) is 5.28. The summed E-state index contributed by atoms with van der Waals surface area (Å²) in [4.78, 5) is 6.24. The Bertz CT molecular complexity index is 284. The number of pyridine rings is 1. The van der Waals surface area contributed by atoms with Gasteiger partial charge in [0.15, 0.2) is 0 Å². The highest BCUT2D eigenvalue weighted by atomic mass is 15.1. The zero-order valence-corrected chi connectivity index (χ0v) is 9.41. The number of aryl methyl sites for hydroxylation is 1. The van der Waals surface area contributed by atoms with Crippen molar-refractivity contribution in [2.75, 3.05) is 26.0 Å². The molecule has 0 amide bonds. The van der Waals surface area contributed by atoms with Crippen molar-refractivity contribution in [1.82, 2.24) is 9.88 Å². The summed E-state index contributed by atoms with van der Waals surface area (Å²) in [6.07, 6.45) is 3.70. The molecule has 1 heterocycles. The van der Waals surface area contributed by atoms with E-state index in [9.17, 15) is 0 Å². The van der Waals surface area contributed by atoms with Gasteiger partial charge in [0.2, 0.25) is 0 Å². The Labute approximate surface area is 86.2 Å². The summed E-state index contributed by atoms with van der Waals surface area (Å²) >= 11 is 0. The van der Waals surface area contributed by atoms with Crippen molar-refractivity contribution in [2.24, 2.45) is 0 Å². The summed E-state index contributed by atoms with van der Waals surface area (Å²) in [5.74, 6) is 0. The molecule has 0 aromatic carbocycles. The summed E-state index contributed by atoms with van der Waals surface area (Å²) in [6, 6.07) is 2.47. The molecule has 0 bridgehead atoms. The Morgan fingerprint density at radius 2 is 2.21 bits per heavy atom. The van der Waals surface area contributed by atoms with Crippen LogP contribution in [0.2, 0.25) is 0 Å². The van der Waals surface area contributed by atoms with E-state index in [2.05, 4.69) is 43.1 Å². The van der Waals surface area contributed by atoms with Gasteiger partial charge in [-0.3, -0.25) is 4.98 Å². The Morgan fingerprint density at radius 1 is 1.50 bits per heavy atom. The second-order valence-corrected chi connectivity index (χ2v) is 4.00. The van der Waals surface area contributed by atoms with Gasteiger partial charge < -0.3 is 10.2 Å². The third-order valence-corrected chi connectivity index (χ3v) is 2.06. The van der Waals surface area contributed by atoms with E-state index in [1.807, 2.05) is 18.5 Å². The molecule has 1 unspecified atom stereocenters. The van der Waals surface area contributed by atoms with Crippen LogP contribution in [0.1, 0.15) is 12.5 Å². The maximum atomic E-state index is 4.06. The van der Waals surface area contributed by atoms with Crippen LogP contribution < -0.4 is 5.32 Å². The molecule has 1 aromatic heterocycles. The average molecular weight is 193 g/mol. The van der Waals surface area contributed by atoms with E-state index in [0.717, 1.165) is 6.54 Å². The molecule has 14 heavy (non-hydrogen) atoms. The fourth-order valence-electron chi connectivity index (χ4n) is 1.49. The Balaban J connectivity index is 2.56. The molecule has 1 rings (SSSR count). The van der Waals surface area contributed by atoms with Gasteiger partial charge >= 0.3 is 0 Å². The van der Waals surface area contributed by atoms with Crippen molar-refractivity contribution in [3.05, 3.63) is 24.0 Å². The summed E-state index contributed by atoms with van der Waals surface area (Å²) in [7, 11) is 4.16. The molecule has 0 radical (unpaired) electrons. The predicted octanol–water partition coefficient (Wildman–Crippen LogP) is 1.75. The Morgan fingerprint density at radius 3 is 2.79 bits per heavy atom. The quantitative estimate of drug-likeness (QED) is 0.789. The van der Waals surface area contributed by atoms with Crippen LogP contribution in [0.15, 0.2) is 18.5 Å². The standard InChI is InChI=1S/C11H19N3/c1-9-7-12-6-5-11(9)13-10(2)8-14(3)4/h5-7,10H,8H2,1-4H3,(H,12,13). The molecule has 0 spiro atoms. The van der Waals surface area contributed by atoms with E-state index in [0.29, 0.717) is 6.04 Å². The van der Waals surface area contributed by atoms with Gasteiger partial charge in [0.05, 0.1) is 0 Å². The van der Waals surface area contributed by atoms with Crippen LogP contribution in [-0.2, 0) is 0 Å². The van der Waals surface area contributed by atoms with Crippen LogP contribution in [0, 0.1) is 6.92 Å². The molecular formula is C11H19N3. The minimum atomic E-state index is 0.450. The first-order chi connectivity index (χ1) is 6.59. The second-order valence-electron chi connectivity index (χ2n) is 4.00. The van der Waals surface area contributed by atoms with Gasteiger partial charge in [-0.25, -0.2) is 0 Å². The molecule has 1 aromatic rings. The lowest BCUT2D eigenvalue weighted by Gasteiger charge is -2.20. The maximum Gasteiger partial charge on any atom is 0.0403 e. The fraction of sp³-hybridized carbons (Fsp3) is 0.545. The number of aromatic nitrogens is 1. The Hall–Kier alpha value is -1.09. The molecule has 3 nitrogen and oxygen atoms in total. The summed E-state index contributed by atoms with van der Waals surface area (Å²) in [5, 5.41) is 3.46.